The lowest BCUT2D eigenvalue weighted by molar-refractivity contribution is -0.121. The molecule has 2 aromatic rings. The third-order valence-electron chi connectivity index (χ3n) is 4.36. The highest BCUT2D eigenvalue weighted by Crippen LogP contribution is 2.33. The SMILES string of the molecule is O=C(CN1C(=O)CCOc2ccccc21)Nc1ccc2c(c1)OCCCO2. The Morgan fingerprint density at radius 3 is 2.63 bits per heavy atom. The minimum absolute atomic E-state index is 0.0896. The van der Waals surface area contributed by atoms with Crippen LogP contribution in [0, 0.1) is 0 Å². The Morgan fingerprint density at radius 2 is 1.74 bits per heavy atom. The number of carbonyl (C=O) groups excluding carboxylic acids is 2. The van der Waals surface area contributed by atoms with Crippen molar-refractivity contribution < 1.29 is 23.8 Å². The fraction of sp³-hybridized carbons (Fsp3) is 0.300. The maximum atomic E-state index is 12.6. The summed E-state index contributed by atoms with van der Waals surface area (Å²) >= 11 is 0. The molecule has 4 rings (SSSR count). The molecule has 0 radical (unpaired) electrons. The van der Waals surface area contributed by atoms with E-state index < -0.39 is 0 Å². The first-order valence-electron chi connectivity index (χ1n) is 8.92. The second-order valence-electron chi connectivity index (χ2n) is 6.31. The Labute approximate surface area is 156 Å². The Bertz CT molecular complexity index is 867. The molecule has 0 unspecified atom stereocenters. The summed E-state index contributed by atoms with van der Waals surface area (Å²) in [7, 11) is 0. The number of hydrogen-bond acceptors (Lipinski definition) is 5. The van der Waals surface area contributed by atoms with Crippen LogP contribution in [0.3, 0.4) is 0 Å². The van der Waals surface area contributed by atoms with Gasteiger partial charge in [0, 0.05) is 18.2 Å². The van der Waals surface area contributed by atoms with Crippen molar-refractivity contribution in [2.75, 3.05) is 36.6 Å². The number of fused-ring (bicyclic) bond motifs is 2. The number of rotatable bonds is 3. The minimum Gasteiger partial charge on any atom is -0.491 e. The molecule has 0 aliphatic carbocycles. The van der Waals surface area contributed by atoms with Crippen LogP contribution in [0.1, 0.15) is 12.8 Å². The molecule has 2 aliphatic heterocycles. The van der Waals surface area contributed by atoms with Crippen LogP contribution in [-0.4, -0.2) is 38.2 Å². The van der Waals surface area contributed by atoms with Crippen molar-refractivity contribution >= 4 is 23.2 Å². The van der Waals surface area contributed by atoms with Gasteiger partial charge >= 0.3 is 0 Å². The van der Waals surface area contributed by atoms with Crippen LogP contribution in [0.25, 0.3) is 0 Å². The molecule has 0 atom stereocenters. The van der Waals surface area contributed by atoms with E-state index in [0.717, 1.165) is 6.42 Å². The molecule has 2 amide bonds. The van der Waals surface area contributed by atoms with Gasteiger partial charge in [-0.15, -0.1) is 0 Å². The van der Waals surface area contributed by atoms with E-state index in [-0.39, 0.29) is 24.8 Å². The van der Waals surface area contributed by atoms with Gasteiger partial charge in [0.15, 0.2) is 11.5 Å². The molecule has 0 saturated carbocycles. The summed E-state index contributed by atoms with van der Waals surface area (Å²) in [6, 6.07) is 12.5. The summed E-state index contributed by atoms with van der Waals surface area (Å²) in [5.41, 5.74) is 1.20. The third-order valence-corrected chi connectivity index (χ3v) is 4.36. The van der Waals surface area contributed by atoms with E-state index in [1.165, 1.54) is 4.90 Å². The zero-order valence-electron chi connectivity index (χ0n) is 14.8. The Kier molecular flexibility index (Phi) is 4.82. The van der Waals surface area contributed by atoms with E-state index in [0.29, 0.717) is 48.4 Å². The van der Waals surface area contributed by atoms with Crippen molar-refractivity contribution in [2.24, 2.45) is 0 Å². The molecule has 0 saturated heterocycles. The number of amides is 2. The maximum absolute atomic E-state index is 12.6. The van der Waals surface area contributed by atoms with Gasteiger partial charge < -0.3 is 19.5 Å². The van der Waals surface area contributed by atoms with Crippen LogP contribution >= 0.6 is 0 Å². The van der Waals surface area contributed by atoms with Crippen LogP contribution in [-0.2, 0) is 9.59 Å². The standard InChI is InChI=1S/C20H20N2O5/c23-19(21-14-6-7-17-18(12-14)26-10-3-9-25-17)13-22-15-4-1-2-5-16(15)27-11-8-20(22)24/h1-2,4-7,12H,3,8-11,13H2,(H,21,23). The number of benzene rings is 2. The van der Waals surface area contributed by atoms with E-state index in [1.807, 2.05) is 12.1 Å². The molecule has 1 N–H and O–H groups in total. The van der Waals surface area contributed by atoms with E-state index in [4.69, 9.17) is 14.2 Å². The molecule has 140 valence electrons. The first kappa shape index (κ1) is 17.2. The van der Waals surface area contributed by atoms with Crippen LogP contribution in [0.15, 0.2) is 42.5 Å². The quantitative estimate of drug-likeness (QED) is 0.901. The number of hydrogen-bond donors (Lipinski definition) is 1. The normalized spacial score (nSPS) is 15.9. The fourth-order valence-electron chi connectivity index (χ4n) is 3.08. The zero-order chi connectivity index (χ0) is 18.6. The topological polar surface area (TPSA) is 77.1 Å². The highest BCUT2D eigenvalue weighted by atomic mass is 16.5. The van der Waals surface area contributed by atoms with Gasteiger partial charge in [0.05, 0.1) is 31.9 Å². The number of nitrogens with zero attached hydrogens (tertiary/aromatic N) is 1. The average Bonchev–Trinajstić information content (AvgIpc) is 2.99. The Morgan fingerprint density at radius 1 is 0.963 bits per heavy atom. The average molecular weight is 368 g/mol. The lowest BCUT2D eigenvalue weighted by Crippen LogP contribution is -2.37. The monoisotopic (exact) mass is 368 g/mol. The smallest absolute Gasteiger partial charge is 0.244 e. The summed E-state index contributed by atoms with van der Waals surface area (Å²) in [4.78, 5) is 26.4. The Balaban J connectivity index is 1.49. The highest BCUT2D eigenvalue weighted by molar-refractivity contribution is 6.03. The first-order valence-corrected chi connectivity index (χ1v) is 8.92. The molecule has 0 spiro atoms. The van der Waals surface area contributed by atoms with Gasteiger partial charge in [0.25, 0.3) is 0 Å². The number of nitrogens with one attached hydrogen (secondary N) is 1. The van der Waals surface area contributed by atoms with Crippen LogP contribution in [0.5, 0.6) is 17.2 Å². The number of carbonyl (C=O) groups is 2. The van der Waals surface area contributed by atoms with Crippen LogP contribution < -0.4 is 24.4 Å². The van der Waals surface area contributed by atoms with E-state index >= 15 is 0 Å². The van der Waals surface area contributed by atoms with Gasteiger partial charge in [-0.1, -0.05) is 12.1 Å². The summed E-state index contributed by atoms with van der Waals surface area (Å²) in [6.45, 7) is 1.39. The van der Waals surface area contributed by atoms with E-state index in [1.54, 1.807) is 30.3 Å². The lowest BCUT2D eigenvalue weighted by Gasteiger charge is -2.21. The molecule has 7 heteroatoms. The summed E-state index contributed by atoms with van der Waals surface area (Å²) in [5.74, 6) is 1.43. The van der Waals surface area contributed by atoms with Gasteiger partial charge in [-0.25, -0.2) is 0 Å². The van der Waals surface area contributed by atoms with Gasteiger partial charge in [0.1, 0.15) is 12.3 Å². The number of para-hydroxylation sites is 2. The lowest BCUT2D eigenvalue weighted by atomic mass is 10.2. The summed E-state index contributed by atoms with van der Waals surface area (Å²) in [6.07, 6.45) is 1.04. The predicted octanol–water partition coefficient (Wildman–Crippen LogP) is 2.60. The second-order valence-corrected chi connectivity index (χ2v) is 6.31. The van der Waals surface area contributed by atoms with Crippen molar-refractivity contribution in [3.8, 4) is 17.2 Å². The van der Waals surface area contributed by atoms with Crippen molar-refractivity contribution in [1.82, 2.24) is 0 Å². The summed E-state index contributed by atoms with van der Waals surface area (Å²) < 4.78 is 16.8. The Hall–Kier alpha value is -3.22. The van der Waals surface area contributed by atoms with Crippen molar-refractivity contribution in [3.63, 3.8) is 0 Å². The van der Waals surface area contributed by atoms with Gasteiger partial charge in [-0.3, -0.25) is 14.5 Å². The van der Waals surface area contributed by atoms with E-state index in [2.05, 4.69) is 5.32 Å². The maximum Gasteiger partial charge on any atom is 0.244 e. The minimum atomic E-state index is -0.297. The number of anilines is 2. The van der Waals surface area contributed by atoms with Crippen molar-refractivity contribution in [3.05, 3.63) is 42.5 Å². The highest BCUT2D eigenvalue weighted by Gasteiger charge is 2.25. The van der Waals surface area contributed by atoms with Crippen LogP contribution in [0.2, 0.25) is 0 Å². The van der Waals surface area contributed by atoms with Gasteiger partial charge in [-0.05, 0) is 24.3 Å². The largest absolute Gasteiger partial charge is 0.491 e. The molecule has 0 bridgehead atoms. The van der Waals surface area contributed by atoms with E-state index in [9.17, 15) is 9.59 Å². The third kappa shape index (κ3) is 3.81. The van der Waals surface area contributed by atoms with Crippen LogP contribution in [0.4, 0.5) is 11.4 Å². The van der Waals surface area contributed by atoms with Crippen molar-refractivity contribution in [1.29, 1.82) is 0 Å². The summed E-state index contributed by atoms with van der Waals surface area (Å²) in [5, 5.41) is 2.82. The fourth-order valence-corrected chi connectivity index (χ4v) is 3.08. The molecule has 0 fully saturated rings. The molecule has 7 nitrogen and oxygen atoms in total. The molecule has 2 aliphatic rings. The van der Waals surface area contributed by atoms with Crippen molar-refractivity contribution in [2.45, 2.75) is 12.8 Å². The number of ether oxygens (including phenoxy) is 3. The molecule has 2 heterocycles. The predicted molar refractivity (Wildman–Crippen MR) is 99.6 cm³/mol. The molecule has 2 aromatic carbocycles. The van der Waals surface area contributed by atoms with Gasteiger partial charge in [0.2, 0.25) is 11.8 Å². The van der Waals surface area contributed by atoms with Gasteiger partial charge in [-0.2, -0.15) is 0 Å². The second kappa shape index (κ2) is 7.57. The molecular formula is C20H20N2O5. The molecule has 27 heavy (non-hydrogen) atoms. The first-order chi connectivity index (χ1) is 13.2. The molecular weight excluding hydrogens is 348 g/mol. The molecule has 0 aromatic heterocycles. The zero-order valence-corrected chi connectivity index (χ0v) is 14.8.